The molecule has 1 atom stereocenters. The summed E-state index contributed by atoms with van der Waals surface area (Å²) in [4.78, 5) is 21.4. The lowest BCUT2D eigenvalue weighted by molar-refractivity contribution is 0.0908. The minimum Gasteiger partial charge on any atom is -0.493 e. The number of para-hydroxylation sites is 1. The fourth-order valence-electron chi connectivity index (χ4n) is 3.70. The molecule has 26 heavy (non-hydrogen) atoms. The fraction of sp³-hybridized carbons (Fsp3) is 0.421. The van der Waals surface area contributed by atoms with Crippen molar-refractivity contribution in [3.05, 3.63) is 40.7 Å². The summed E-state index contributed by atoms with van der Waals surface area (Å²) in [7, 11) is 1.62. The fourth-order valence-corrected chi connectivity index (χ4v) is 3.70. The van der Waals surface area contributed by atoms with E-state index in [4.69, 9.17) is 15.2 Å². The largest absolute Gasteiger partial charge is 0.493 e. The third kappa shape index (κ3) is 3.05. The van der Waals surface area contributed by atoms with Crippen LogP contribution in [0.5, 0.6) is 11.5 Å². The Kier molecular flexibility index (Phi) is 4.36. The molecule has 1 amide bonds. The first-order chi connectivity index (χ1) is 12.7. The van der Waals surface area contributed by atoms with E-state index in [1.807, 2.05) is 18.2 Å². The molecule has 0 fully saturated rings. The molecule has 2 aliphatic rings. The number of nitrogens with zero attached hydrogens (tertiary/aromatic N) is 2. The first-order valence-electron chi connectivity index (χ1n) is 8.90. The molecule has 2 aromatic rings. The van der Waals surface area contributed by atoms with Crippen molar-refractivity contribution in [3.8, 4) is 11.5 Å². The third-order valence-electron chi connectivity index (χ3n) is 4.93. The van der Waals surface area contributed by atoms with Crippen LogP contribution in [0.3, 0.4) is 0 Å². The highest BCUT2D eigenvalue weighted by Gasteiger charge is 2.27. The molecular weight excluding hydrogens is 332 g/mol. The molecule has 0 bridgehead atoms. The van der Waals surface area contributed by atoms with Crippen LogP contribution in [-0.2, 0) is 19.3 Å². The number of rotatable bonds is 3. The molecule has 1 aromatic carbocycles. The summed E-state index contributed by atoms with van der Waals surface area (Å²) in [5.41, 5.74) is 9.07. The van der Waals surface area contributed by atoms with E-state index in [1.54, 1.807) is 7.11 Å². The summed E-state index contributed by atoms with van der Waals surface area (Å²) < 4.78 is 11.2. The van der Waals surface area contributed by atoms with Crippen molar-refractivity contribution in [1.29, 1.82) is 0 Å². The van der Waals surface area contributed by atoms with E-state index in [9.17, 15) is 4.79 Å². The van der Waals surface area contributed by atoms with Crippen LogP contribution >= 0.6 is 0 Å². The van der Waals surface area contributed by atoms with Gasteiger partial charge in [-0.25, -0.2) is 9.97 Å². The van der Waals surface area contributed by atoms with Crippen LogP contribution in [0.25, 0.3) is 0 Å². The van der Waals surface area contributed by atoms with Crippen molar-refractivity contribution in [2.24, 2.45) is 0 Å². The van der Waals surface area contributed by atoms with Gasteiger partial charge in [-0.15, -0.1) is 0 Å². The summed E-state index contributed by atoms with van der Waals surface area (Å²) in [6.45, 7) is 0.391. The number of benzene rings is 1. The van der Waals surface area contributed by atoms with Crippen LogP contribution in [0.4, 0.5) is 5.95 Å². The van der Waals surface area contributed by atoms with E-state index in [-0.39, 0.29) is 17.9 Å². The lowest BCUT2D eigenvalue weighted by Crippen LogP contribution is -2.43. The summed E-state index contributed by atoms with van der Waals surface area (Å²) in [6.07, 6.45) is 4.46. The molecule has 0 saturated carbocycles. The number of ether oxygens (including phenoxy) is 2. The molecule has 1 aliphatic heterocycles. The quantitative estimate of drug-likeness (QED) is 0.870. The SMILES string of the molecule is COc1cccc2c1OCC(NC(=O)c1nc(N)nc3c1CCCC3)C2. The summed E-state index contributed by atoms with van der Waals surface area (Å²) in [5, 5.41) is 3.04. The summed E-state index contributed by atoms with van der Waals surface area (Å²) >= 11 is 0. The minimum atomic E-state index is -0.211. The maximum Gasteiger partial charge on any atom is 0.270 e. The van der Waals surface area contributed by atoms with Gasteiger partial charge in [0.2, 0.25) is 5.95 Å². The number of nitrogens with one attached hydrogen (secondary N) is 1. The van der Waals surface area contributed by atoms with E-state index in [1.165, 1.54) is 0 Å². The van der Waals surface area contributed by atoms with Crippen LogP contribution in [0, 0.1) is 0 Å². The molecule has 136 valence electrons. The van der Waals surface area contributed by atoms with Gasteiger partial charge in [-0.3, -0.25) is 4.79 Å². The van der Waals surface area contributed by atoms with Gasteiger partial charge in [0, 0.05) is 16.8 Å². The van der Waals surface area contributed by atoms with Crippen LogP contribution in [0.1, 0.15) is 40.2 Å². The lowest BCUT2D eigenvalue weighted by atomic mass is 9.94. The van der Waals surface area contributed by atoms with E-state index >= 15 is 0 Å². The zero-order valence-corrected chi connectivity index (χ0v) is 14.7. The summed E-state index contributed by atoms with van der Waals surface area (Å²) in [5.74, 6) is 1.41. The van der Waals surface area contributed by atoms with Crippen molar-refractivity contribution >= 4 is 11.9 Å². The number of carbonyl (C=O) groups excluding carboxylic acids is 1. The van der Waals surface area contributed by atoms with Gasteiger partial charge in [-0.05, 0) is 38.2 Å². The Morgan fingerprint density at radius 2 is 2.15 bits per heavy atom. The second-order valence-corrected chi connectivity index (χ2v) is 6.70. The summed E-state index contributed by atoms with van der Waals surface area (Å²) in [6, 6.07) is 5.65. The molecule has 1 aromatic heterocycles. The van der Waals surface area contributed by atoms with Gasteiger partial charge in [0.15, 0.2) is 11.5 Å². The molecule has 4 rings (SSSR count). The molecule has 0 radical (unpaired) electrons. The minimum absolute atomic E-state index is 0.127. The van der Waals surface area contributed by atoms with Crippen molar-refractivity contribution in [2.45, 2.75) is 38.1 Å². The number of anilines is 1. The van der Waals surface area contributed by atoms with Gasteiger partial charge in [0.1, 0.15) is 12.3 Å². The molecule has 0 spiro atoms. The van der Waals surface area contributed by atoms with Crippen LogP contribution in [-0.4, -0.2) is 35.6 Å². The van der Waals surface area contributed by atoms with Gasteiger partial charge in [-0.2, -0.15) is 0 Å². The van der Waals surface area contributed by atoms with Crippen LogP contribution < -0.4 is 20.5 Å². The monoisotopic (exact) mass is 354 g/mol. The Labute approximate surface area is 151 Å². The molecular formula is C19H22N4O3. The normalized spacial score (nSPS) is 18.3. The zero-order valence-electron chi connectivity index (χ0n) is 14.7. The standard InChI is InChI=1S/C19H22N4O3/c1-25-15-8-4-5-11-9-12(10-26-17(11)15)21-18(24)16-13-6-2-3-7-14(13)22-19(20)23-16/h4-5,8,12H,2-3,6-7,9-10H2,1H3,(H,21,24)(H2,20,22,23). The van der Waals surface area contributed by atoms with Crippen molar-refractivity contribution < 1.29 is 14.3 Å². The van der Waals surface area contributed by atoms with Crippen molar-refractivity contribution in [1.82, 2.24) is 15.3 Å². The average Bonchev–Trinajstić information content (AvgIpc) is 2.66. The van der Waals surface area contributed by atoms with Crippen LogP contribution in [0.2, 0.25) is 0 Å². The Bertz CT molecular complexity index is 853. The number of aryl methyl sites for hydroxylation is 1. The predicted molar refractivity (Wildman–Crippen MR) is 96.5 cm³/mol. The Morgan fingerprint density at radius 3 is 3.00 bits per heavy atom. The number of fused-ring (bicyclic) bond motifs is 2. The Hall–Kier alpha value is -2.83. The molecule has 0 saturated heterocycles. The lowest BCUT2D eigenvalue weighted by Gasteiger charge is -2.27. The van der Waals surface area contributed by atoms with Gasteiger partial charge in [-0.1, -0.05) is 12.1 Å². The number of aromatic nitrogens is 2. The second kappa shape index (κ2) is 6.82. The van der Waals surface area contributed by atoms with E-state index in [0.717, 1.165) is 48.3 Å². The highest BCUT2D eigenvalue weighted by atomic mass is 16.5. The topological polar surface area (TPSA) is 99.4 Å². The van der Waals surface area contributed by atoms with Crippen LogP contribution in [0.15, 0.2) is 18.2 Å². The van der Waals surface area contributed by atoms with Gasteiger partial charge >= 0.3 is 0 Å². The third-order valence-corrected chi connectivity index (χ3v) is 4.93. The smallest absolute Gasteiger partial charge is 0.270 e. The molecule has 1 unspecified atom stereocenters. The maximum atomic E-state index is 12.8. The average molecular weight is 354 g/mol. The number of nitrogen functional groups attached to an aromatic ring is 1. The zero-order chi connectivity index (χ0) is 18.1. The second-order valence-electron chi connectivity index (χ2n) is 6.70. The Balaban J connectivity index is 1.54. The Morgan fingerprint density at radius 1 is 1.31 bits per heavy atom. The van der Waals surface area contributed by atoms with Crippen molar-refractivity contribution in [2.75, 3.05) is 19.5 Å². The number of carbonyl (C=O) groups is 1. The number of methoxy groups -OCH3 is 1. The first kappa shape index (κ1) is 16.6. The van der Waals surface area contributed by atoms with E-state index < -0.39 is 0 Å². The van der Waals surface area contributed by atoms with Gasteiger partial charge in [0.05, 0.1) is 13.2 Å². The predicted octanol–water partition coefficient (Wildman–Crippen LogP) is 1.68. The maximum absolute atomic E-state index is 12.8. The first-order valence-corrected chi connectivity index (χ1v) is 8.90. The number of hydrogen-bond acceptors (Lipinski definition) is 6. The van der Waals surface area contributed by atoms with Gasteiger partial charge in [0.25, 0.3) is 5.91 Å². The number of nitrogens with two attached hydrogens (primary N) is 1. The highest BCUT2D eigenvalue weighted by molar-refractivity contribution is 5.94. The molecule has 7 nitrogen and oxygen atoms in total. The molecule has 2 heterocycles. The van der Waals surface area contributed by atoms with E-state index in [2.05, 4.69) is 15.3 Å². The van der Waals surface area contributed by atoms with Gasteiger partial charge < -0.3 is 20.5 Å². The number of hydrogen-bond donors (Lipinski definition) is 2. The molecule has 3 N–H and O–H groups in total. The molecule has 1 aliphatic carbocycles. The number of amides is 1. The van der Waals surface area contributed by atoms with E-state index in [0.29, 0.717) is 24.5 Å². The highest BCUT2D eigenvalue weighted by Crippen LogP contribution is 2.34. The molecule has 7 heteroatoms. The van der Waals surface area contributed by atoms with Crippen molar-refractivity contribution in [3.63, 3.8) is 0 Å².